The number of hydrogen-bond acceptors (Lipinski definition) is 4. The Kier molecular flexibility index (Phi) is 6.49. The average molecular weight is 382 g/mol. The fourth-order valence-corrected chi connectivity index (χ4v) is 3.72. The zero-order valence-electron chi connectivity index (χ0n) is 15.1. The van der Waals surface area contributed by atoms with Crippen molar-refractivity contribution in [2.75, 3.05) is 20.1 Å². The Bertz CT molecular complexity index is 880. The number of aryl methyl sites for hydroxylation is 3. The monoisotopic (exact) mass is 382 g/mol. The predicted octanol–water partition coefficient (Wildman–Crippen LogP) is 1.24. The van der Waals surface area contributed by atoms with Gasteiger partial charge in [0.1, 0.15) is 11.6 Å². The molecule has 0 bridgehead atoms. The van der Waals surface area contributed by atoms with Crippen molar-refractivity contribution in [1.82, 2.24) is 19.2 Å². The second-order valence-corrected chi connectivity index (χ2v) is 7.84. The molecular weight excluding hydrogens is 359 g/mol. The maximum atomic E-state index is 13.1. The second kappa shape index (κ2) is 8.41. The van der Waals surface area contributed by atoms with E-state index in [4.69, 9.17) is 0 Å². The van der Waals surface area contributed by atoms with Crippen LogP contribution in [0.1, 0.15) is 17.8 Å². The molecule has 9 heteroatoms. The van der Waals surface area contributed by atoms with Gasteiger partial charge in [-0.15, -0.1) is 0 Å². The number of hydrogen-bond donors (Lipinski definition) is 1. The molecule has 7 nitrogen and oxygen atoms in total. The molecule has 2 rings (SSSR count). The first-order chi connectivity index (χ1) is 12.2. The highest BCUT2D eigenvalue weighted by Gasteiger charge is 2.19. The van der Waals surface area contributed by atoms with E-state index in [1.165, 1.54) is 17.9 Å². The maximum Gasteiger partial charge on any atom is 0.241 e. The number of nitrogens with one attached hydrogen (secondary N) is 1. The van der Waals surface area contributed by atoms with E-state index in [0.29, 0.717) is 6.54 Å². The number of aromatic nitrogens is 2. The Morgan fingerprint density at radius 1 is 1.38 bits per heavy atom. The van der Waals surface area contributed by atoms with Crippen LogP contribution in [-0.2, 0) is 28.3 Å². The van der Waals surface area contributed by atoms with Crippen LogP contribution in [0.4, 0.5) is 4.39 Å². The van der Waals surface area contributed by atoms with Gasteiger partial charge in [-0.05, 0) is 37.1 Å². The lowest BCUT2D eigenvalue weighted by molar-refractivity contribution is -0.128. The molecule has 1 aromatic carbocycles. The number of carbonyl (C=O) groups excluding carboxylic acids is 1. The molecule has 26 heavy (non-hydrogen) atoms. The molecule has 0 fully saturated rings. The summed E-state index contributed by atoms with van der Waals surface area (Å²) in [5.74, 6) is 0.0801. The molecule has 1 amide bonds. The summed E-state index contributed by atoms with van der Waals surface area (Å²) in [6, 6.07) is 3.40. The highest BCUT2D eigenvalue weighted by molar-refractivity contribution is 7.89. The van der Waals surface area contributed by atoms with Gasteiger partial charge in [0, 0.05) is 39.5 Å². The van der Waals surface area contributed by atoms with Crippen molar-refractivity contribution >= 4 is 15.9 Å². The molecule has 142 valence electrons. The molecule has 0 radical (unpaired) electrons. The van der Waals surface area contributed by atoms with Gasteiger partial charge in [-0.25, -0.2) is 22.5 Å². The lowest BCUT2D eigenvalue weighted by Gasteiger charge is -2.17. The highest BCUT2D eigenvalue weighted by Crippen LogP contribution is 2.15. The van der Waals surface area contributed by atoms with Gasteiger partial charge >= 0.3 is 0 Å². The van der Waals surface area contributed by atoms with Crippen molar-refractivity contribution in [3.63, 3.8) is 0 Å². The van der Waals surface area contributed by atoms with Crippen LogP contribution in [0.5, 0.6) is 0 Å². The molecule has 0 atom stereocenters. The molecule has 0 aliphatic carbocycles. The molecule has 1 aromatic heterocycles. The normalized spacial score (nSPS) is 11.5. The van der Waals surface area contributed by atoms with Gasteiger partial charge in [-0.1, -0.05) is 0 Å². The van der Waals surface area contributed by atoms with Crippen LogP contribution in [0.25, 0.3) is 0 Å². The van der Waals surface area contributed by atoms with E-state index in [-0.39, 0.29) is 22.9 Å². The molecule has 0 aliphatic heterocycles. The molecule has 0 saturated heterocycles. The van der Waals surface area contributed by atoms with Crippen LogP contribution >= 0.6 is 0 Å². The number of imidazole rings is 1. The summed E-state index contributed by atoms with van der Waals surface area (Å²) < 4.78 is 41.9. The van der Waals surface area contributed by atoms with E-state index in [0.717, 1.165) is 30.8 Å². The minimum atomic E-state index is -3.88. The summed E-state index contributed by atoms with van der Waals surface area (Å²) in [6.07, 6.45) is 5.02. The van der Waals surface area contributed by atoms with Crippen molar-refractivity contribution in [2.24, 2.45) is 7.05 Å². The van der Waals surface area contributed by atoms with E-state index in [9.17, 15) is 17.6 Å². The van der Waals surface area contributed by atoms with Gasteiger partial charge in [0.15, 0.2) is 0 Å². The van der Waals surface area contributed by atoms with Crippen LogP contribution in [0.3, 0.4) is 0 Å². The van der Waals surface area contributed by atoms with Crippen molar-refractivity contribution in [3.05, 3.63) is 47.8 Å². The number of sulfonamides is 1. The second-order valence-electron chi connectivity index (χ2n) is 6.11. The van der Waals surface area contributed by atoms with Gasteiger partial charge in [-0.2, -0.15) is 0 Å². The number of benzene rings is 1. The van der Waals surface area contributed by atoms with E-state index >= 15 is 0 Å². The van der Waals surface area contributed by atoms with Crippen molar-refractivity contribution in [1.29, 1.82) is 0 Å². The molecule has 0 saturated carbocycles. The number of carbonyl (C=O) groups is 1. The molecular formula is C17H23FN4O3S. The quantitative estimate of drug-likeness (QED) is 0.744. The Morgan fingerprint density at radius 2 is 2.12 bits per heavy atom. The first kappa shape index (κ1) is 20.1. The third kappa shape index (κ3) is 5.12. The van der Waals surface area contributed by atoms with Gasteiger partial charge in [0.2, 0.25) is 15.9 Å². The van der Waals surface area contributed by atoms with Crippen LogP contribution in [0, 0.1) is 12.7 Å². The first-order valence-corrected chi connectivity index (χ1v) is 9.65. The molecule has 2 aromatic rings. The molecule has 1 heterocycles. The van der Waals surface area contributed by atoms with Crippen LogP contribution in [0.15, 0.2) is 35.5 Å². The first-order valence-electron chi connectivity index (χ1n) is 8.16. The van der Waals surface area contributed by atoms with Gasteiger partial charge < -0.3 is 9.47 Å². The van der Waals surface area contributed by atoms with Crippen LogP contribution < -0.4 is 4.72 Å². The zero-order chi connectivity index (χ0) is 19.3. The molecule has 1 N–H and O–H groups in total. The zero-order valence-corrected chi connectivity index (χ0v) is 15.9. The summed E-state index contributed by atoms with van der Waals surface area (Å²) >= 11 is 0. The Labute approximate surface area is 152 Å². The summed E-state index contributed by atoms with van der Waals surface area (Å²) in [6.45, 7) is 1.64. The Hall–Kier alpha value is -2.26. The summed E-state index contributed by atoms with van der Waals surface area (Å²) in [5.41, 5.74) is 0.286. The van der Waals surface area contributed by atoms with Crippen LogP contribution in [-0.4, -0.2) is 48.9 Å². The molecule has 0 aliphatic rings. The smallest absolute Gasteiger partial charge is 0.241 e. The minimum absolute atomic E-state index is 0.0378. The number of nitrogens with zero attached hydrogens (tertiary/aromatic N) is 3. The molecule has 0 unspecified atom stereocenters. The van der Waals surface area contributed by atoms with Gasteiger partial charge in [0.25, 0.3) is 0 Å². The summed E-state index contributed by atoms with van der Waals surface area (Å²) in [7, 11) is -0.346. The predicted molar refractivity (Wildman–Crippen MR) is 95.5 cm³/mol. The van der Waals surface area contributed by atoms with E-state index in [1.54, 1.807) is 13.2 Å². The topological polar surface area (TPSA) is 84.3 Å². The molecule has 0 spiro atoms. The SMILES string of the molecule is Cc1cc(F)ccc1S(=O)(=O)NCC(=O)N(C)CCCc1nccn1C. The third-order valence-corrected chi connectivity index (χ3v) is 5.64. The summed E-state index contributed by atoms with van der Waals surface area (Å²) in [4.78, 5) is 17.8. The largest absolute Gasteiger partial charge is 0.345 e. The van der Waals surface area contributed by atoms with E-state index in [1.807, 2.05) is 17.8 Å². The number of likely N-dealkylation sites (N-methyl/N-ethyl adjacent to an activating group) is 1. The number of rotatable bonds is 8. The third-order valence-electron chi connectivity index (χ3n) is 4.08. The van der Waals surface area contributed by atoms with Crippen molar-refractivity contribution in [3.8, 4) is 0 Å². The standard InChI is InChI=1S/C17H23FN4O3S/c1-13-11-14(18)6-7-15(13)26(24,25)20-12-17(23)22(3)9-4-5-16-19-8-10-21(16)2/h6-8,10-11,20H,4-5,9,12H2,1-3H3. The maximum absolute atomic E-state index is 13.1. The Morgan fingerprint density at radius 3 is 2.73 bits per heavy atom. The van der Waals surface area contributed by atoms with E-state index < -0.39 is 15.8 Å². The van der Waals surface area contributed by atoms with Crippen LogP contribution in [0.2, 0.25) is 0 Å². The fourth-order valence-electron chi connectivity index (χ4n) is 2.52. The van der Waals surface area contributed by atoms with Crippen molar-refractivity contribution in [2.45, 2.75) is 24.7 Å². The Balaban J connectivity index is 1.85. The average Bonchev–Trinajstić information content (AvgIpc) is 2.97. The minimum Gasteiger partial charge on any atom is -0.345 e. The number of amides is 1. The highest BCUT2D eigenvalue weighted by atomic mass is 32.2. The fraction of sp³-hybridized carbons (Fsp3) is 0.412. The van der Waals surface area contributed by atoms with Crippen molar-refractivity contribution < 1.29 is 17.6 Å². The summed E-state index contributed by atoms with van der Waals surface area (Å²) in [5, 5.41) is 0. The van der Waals surface area contributed by atoms with Gasteiger partial charge in [0.05, 0.1) is 11.4 Å². The lowest BCUT2D eigenvalue weighted by atomic mass is 10.2. The lowest BCUT2D eigenvalue weighted by Crippen LogP contribution is -2.38. The van der Waals surface area contributed by atoms with Gasteiger partial charge in [-0.3, -0.25) is 4.79 Å². The van der Waals surface area contributed by atoms with E-state index in [2.05, 4.69) is 9.71 Å². The number of halogens is 1.